The van der Waals surface area contributed by atoms with Gasteiger partial charge in [-0.1, -0.05) is 41.9 Å². The molecule has 7 nitrogen and oxygen atoms in total. The molecular weight excluding hydrogens is 473 g/mol. The number of ether oxygens (including phenoxy) is 1. The van der Waals surface area contributed by atoms with Crippen molar-refractivity contribution in [3.63, 3.8) is 0 Å². The first kappa shape index (κ1) is 23.4. The van der Waals surface area contributed by atoms with Crippen LogP contribution in [0.15, 0.2) is 48.7 Å². The van der Waals surface area contributed by atoms with Gasteiger partial charge in [-0.15, -0.1) is 0 Å². The van der Waals surface area contributed by atoms with E-state index in [1.54, 1.807) is 21.7 Å². The second kappa shape index (κ2) is 9.34. The molecule has 0 unspecified atom stereocenters. The van der Waals surface area contributed by atoms with E-state index in [1.807, 2.05) is 24.3 Å². The lowest BCUT2D eigenvalue weighted by atomic mass is 10.1. The highest BCUT2D eigenvalue weighted by Crippen LogP contribution is 2.43. The number of ketones is 1. The van der Waals surface area contributed by atoms with Gasteiger partial charge in [0.2, 0.25) is 5.91 Å². The number of hydrogen-bond donors (Lipinski definition) is 1. The topological polar surface area (TPSA) is 80.6 Å². The van der Waals surface area contributed by atoms with Crippen LogP contribution < -0.4 is 5.32 Å². The first-order chi connectivity index (χ1) is 16.8. The van der Waals surface area contributed by atoms with Gasteiger partial charge in [0, 0.05) is 46.7 Å². The summed E-state index contributed by atoms with van der Waals surface area (Å²) in [6.07, 6.45) is 2.82. The standard InChI is InChI=1S/C26H25ClFN3O4/c1-15(32)20-13-30(22-8-3-2-6-19(20)22)14-23(33)31-18-10-9-16(11-18)25(31)35-26(34)29-12-17-5-4-7-21(27)24(17)28/h2-8,13,16,18,25H,9-12,14H2,1H3,(H,29,34)/t16-,18+,25-/m0/s1. The molecule has 3 aromatic rings. The number of nitrogens with zero attached hydrogens (tertiary/aromatic N) is 2. The van der Waals surface area contributed by atoms with Crippen molar-refractivity contribution in [3.8, 4) is 0 Å². The molecule has 5 rings (SSSR count). The molecule has 1 saturated carbocycles. The maximum absolute atomic E-state index is 14.1. The molecule has 0 radical (unpaired) electrons. The number of amides is 2. The fourth-order valence-electron chi connectivity index (χ4n) is 5.33. The molecule has 1 saturated heterocycles. The monoisotopic (exact) mass is 497 g/mol. The average molecular weight is 498 g/mol. The normalized spacial score (nSPS) is 20.9. The molecule has 2 heterocycles. The SMILES string of the molecule is CC(=O)c1cn(CC(=O)N2[C@@H]3CC[C@@H](C3)[C@@H]2OC(=O)NCc2cccc(Cl)c2F)c2ccccc12. The predicted molar refractivity (Wildman–Crippen MR) is 128 cm³/mol. The van der Waals surface area contributed by atoms with Gasteiger partial charge in [-0.2, -0.15) is 0 Å². The first-order valence-corrected chi connectivity index (χ1v) is 12.0. The van der Waals surface area contributed by atoms with Crippen LogP contribution in [-0.2, 0) is 22.6 Å². The number of fused-ring (bicyclic) bond motifs is 3. The molecule has 2 bridgehead atoms. The number of Topliss-reactive ketones (excluding diaryl/α,β-unsaturated/α-hetero) is 1. The Hall–Kier alpha value is -3.39. The smallest absolute Gasteiger partial charge is 0.409 e. The lowest BCUT2D eigenvalue weighted by Crippen LogP contribution is -2.49. The Morgan fingerprint density at radius 1 is 1.14 bits per heavy atom. The second-order valence-electron chi connectivity index (χ2n) is 9.13. The fraction of sp³-hybridized carbons (Fsp3) is 0.346. The van der Waals surface area contributed by atoms with Gasteiger partial charge in [0.15, 0.2) is 12.0 Å². The Morgan fingerprint density at radius 2 is 1.94 bits per heavy atom. The summed E-state index contributed by atoms with van der Waals surface area (Å²) in [4.78, 5) is 39.7. The zero-order valence-corrected chi connectivity index (χ0v) is 19.9. The van der Waals surface area contributed by atoms with Crippen molar-refractivity contribution in [2.75, 3.05) is 0 Å². The molecule has 3 atom stereocenters. The number of hydrogen-bond acceptors (Lipinski definition) is 4. The number of alkyl carbamates (subject to hydrolysis) is 1. The largest absolute Gasteiger partial charge is 0.425 e. The third kappa shape index (κ3) is 4.38. The highest BCUT2D eigenvalue weighted by Gasteiger charge is 2.50. The zero-order valence-electron chi connectivity index (χ0n) is 19.2. The van der Waals surface area contributed by atoms with Gasteiger partial charge < -0.3 is 19.5 Å². The number of para-hydroxylation sites is 1. The van der Waals surface area contributed by atoms with Crippen LogP contribution >= 0.6 is 11.6 Å². The van der Waals surface area contributed by atoms with E-state index < -0.39 is 18.1 Å². The number of carbonyl (C=O) groups excluding carboxylic acids is 3. The van der Waals surface area contributed by atoms with E-state index in [2.05, 4.69) is 5.32 Å². The van der Waals surface area contributed by atoms with E-state index >= 15 is 0 Å². The number of rotatable bonds is 6. The number of nitrogens with one attached hydrogen (secondary N) is 1. The summed E-state index contributed by atoms with van der Waals surface area (Å²) in [7, 11) is 0. The maximum Gasteiger partial charge on any atom is 0.409 e. The molecule has 1 aliphatic carbocycles. The van der Waals surface area contributed by atoms with Crippen molar-refractivity contribution in [1.29, 1.82) is 0 Å². The summed E-state index contributed by atoms with van der Waals surface area (Å²) < 4.78 is 21.6. The summed E-state index contributed by atoms with van der Waals surface area (Å²) in [6, 6.07) is 12.0. The van der Waals surface area contributed by atoms with Crippen LogP contribution in [0.3, 0.4) is 0 Å². The highest BCUT2D eigenvalue weighted by atomic mass is 35.5. The van der Waals surface area contributed by atoms with Crippen LogP contribution in [0.1, 0.15) is 42.1 Å². The van der Waals surface area contributed by atoms with Crippen LogP contribution in [-0.4, -0.2) is 39.5 Å². The van der Waals surface area contributed by atoms with Crippen molar-refractivity contribution in [2.45, 2.75) is 51.5 Å². The van der Waals surface area contributed by atoms with Crippen LogP contribution in [0.25, 0.3) is 10.9 Å². The minimum Gasteiger partial charge on any atom is -0.425 e. The van der Waals surface area contributed by atoms with E-state index in [-0.39, 0.29) is 47.3 Å². The van der Waals surface area contributed by atoms with Gasteiger partial charge in [0.1, 0.15) is 12.4 Å². The molecule has 182 valence electrons. The van der Waals surface area contributed by atoms with E-state index in [0.29, 0.717) is 5.56 Å². The van der Waals surface area contributed by atoms with E-state index in [0.717, 1.165) is 30.2 Å². The Kier molecular flexibility index (Phi) is 6.23. The Bertz CT molecular complexity index is 1320. The lowest BCUT2D eigenvalue weighted by molar-refractivity contribution is -0.145. The van der Waals surface area contributed by atoms with Crippen LogP contribution in [0.5, 0.6) is 0 Å². The van der Waals surface area contributed by atoms with Crippen molar-refractivity contribution >= 4 is 40.3 Å². The maximum atomic E-state index is 14.1. The second-order valence-corrected chi connectivity index (χ2v) is 9.54. The Morgan fingerprint density at radius 3 is 2.74 bits per heavy atom. The Labute approximate surface area is 206 Å². The number of carbonyl (C=O) groups is 3. The summed E-state index contributed by atoms with van der Waals surface area (Å²) >= 11 is 5.80. The van der Waals surface area contributed by atoms with Gasteiger partial charge in [0.05, 0.1) is 5.02 Å². The third-order valence-electron chi connectivity index (χ3n) is 6.96. The summed E-state index contributed by atoms with van der Waals surface area (Å²) in [5.74, 6) is -0.768. The van der Waals surface area contributed by atoms with Gasteiger partial charge in [0.25, 0.3) is 0 Å². The molecule has 1 N–H and O–H groups in total. The average Bonchev–Trinajstić information content (AvgIpc) is 3.54. The van der Waals surface area contributed by atoms with Crippen molar-refractivity contribution in [2.24, 2.45) is 5.92 Å². The molecule has 2 fully saturated rings. The quantitative estimate of drug-likeness (QED) is 0.491. The molecule has 1 aromatic heterocycles. The Balaban J connectivity index is 1.30. The van der Waals surface area contributed by atoms with Gasteiger partial charge in [-0.3, -0.25) is 9.59 Å². The highest BCUT2D eigenvalue weighted by molar-refractivity contribution is 6.30. The van der Waals surface area contributed by atoms with Gasteiger partial charge >= 0.3 is 6.09 Å². The molecule has 2 aliphatic rings. The van der Waals surface area contributed by atoms with E-state index in [9.17, 15) is 18.8 Å². The predicted octanol–water partition coefficient (Wildman–Crippen LogP) is 4.90. The number of aromatic nitrogens is 1. The third-order valence-corrected chi connectivity index (χ3v) is 7.25. The van der Waals surface area contributed by atoms with Crippen LogP contribution in [0, 0.1) is 11.7 Å². The number of benzene rings is 2. The molecule has 35 heavy (non-hydrogen) atoms. The summed E-state index contributed by atoms with van der Waals surface area (Å²) in [5, 5.41) is 3.34. The summed E-state index contributed by atoms with van der Waals surface area (Å²) in [5.41, 5.74) is 1.61. The van der Waals surface area contributed by atoms with Crippen molar-refractivity contribution < 1.29 is 23.5 Å². The van der Waals surface area contributed by atoms with Crippen molar-refractivity contribution in [1.82, 2.24) is 14.8 Å². The molecule has 0 spiro atoms. The molecule has 1 aliphatic heterocycles. The molecule has 2 aromatic carbocycles. The minimum absolute atomic E-state index is 0.00442. The first-order valence-electron chi connectivity index (χ1n) is 11.6. The zero-order chi connectivity index (χ0) is 24.7. The molecular formula is C26H25ClFN3O4. The van der Waals surface area contributed by atoms with Gasteiger partial charge in [-0.25, -0.2) is 9.18 Å². The van der Waals surface area contributed by atoms with Crippen LogP contribution in [0.2, 0.25) is 5.02 Å². The molecule has 9 heteroatoms. The number of piperidine rings is 1. The van der Waals surface area contributed by atoms with Crippen LogP contribution in [0.4, 0.5) is 9.18 Å². The minimum atomic E-state index is -0.718. The van der Waals surface area contributed by atoms with Gasteiger partial charge in [-0.05, 0) is 38.3 Å². The van der Waals surface area contributed by atoms with Crippen molar-refractivity contribution in [3.05, 3.63) is 70.6 Å². The fourth-order valence-corrected chi connectivity index (χ4v) is 5.52. The van der Waals surface area contributed by atoms with E-state index in [4.69, 9.17) is 16.3 Å². The number of halogens is 2. The number of likely N-dealkylation sites (tertiary alicyclic amines) is 1. The summed E-state index contributed by atoms with van der Waals surface area (Å²) in [6.45, 7) is 1.46. The molecule has 2 amide bonds. The lowest BCUT2D eigenvalue weighted by Gasteiger charge is -2.34. The van der Waals surface area contributed by atoms with E-state index in [1.165, 1.54) is 19.1 Å².